The molecule has 0 unspecified atom stereocenters. The number of nitrogens with zero attached hydrogens (tertiary/aromatic N) is 1. The highest BCUT2D eigenvalue weighted by atomic mass is 32.2. The van der Waals surface area contributed by atoms with Crippen LogP contribution >= 0.6 is 11.3 Å². The Morgan fingerprint density at radius 3 is 2.67 bits per heavy atom. The molecule has 0 radical (unpaired) electrons. The van der Waals surface area contributed by atoms with E-state index in [0.29, 0.717) is 6.07 Å². The summed E-state index contributed by atoms with van der Waals surface area (Å²) in [5.74, 6) is -1.92. The van der Waals surface area contributed by atoms with Gasteiger partial charge in [-0.25, -0.2) is 17.2 Å². The van der Waals surface area contributed by atoms with Gasteiger partial charge in [-0.05, 0) is 18.6 Å². The highest BCUT2D eigenvalue weighted by molar-refractivity contribution is 7.93. The number of nitrogens with one attached hydrogen (secondary N) is 1. The molecule has 2 rings (SSSR count). The summed E-state index contributed by atoms with van der Waals surface area (Å²) in [6.07, 6.45) is 1.30. The van der Waals surface area contributed by atoms with Crippen LogP contribution in [0, 0.1) is 18.6 Å². The molecule has 0 bridgehead atoms. The summed E-state index contributed by atoms with van der Waals surface area (Å²) in [6.45, 7) is 1.36. The Morgan fingerprint density at radius 1 is 1.33 bits per heavy atom. The summed E-state index contributed by atoms with van der Waals surface area (Å²) in [4.78, 5) is 3.10. The molecule has 0 aliphatic carbocycles. The lowest BCUT2D eigenvalue weighted by molar-refractivity contribution is 0.547. The summed E-state index contributed by atoms with van der Waals surface area (Å²) >= 11 is 1.06. The number of halogens is 2. The fraction of sp³-hybridized carbons (Fsp3) is 0.100. The quantitative estimate of drug-likeness (QED) is 0.946. The molecular weight excluding hydrogens is 282 g/mol. The lowest BCUT2D eigenvalue weighted by atomic mass is 10.2. The maximum Gasteiger partial charge on any atom is 0.265 e. The minimum Gasteiger partial charge on any atom is -0.269 e. The van der Waals surface area contributed by atoms with Crippen molar-refractivity contribution in [1.29, 1.82) is 0 Å². The van der Waals surface area contributed by atoms with Gasteiger partial charge >= 0.3 is 0 Å². The average Bonchev–Trinajstić information content (AvgIpc) is 2.75. The predicted octanol–water partition coefficient (Wildman–Crippen LogP) is 2.78. The van der Waals surface area contributed by atoms with Crippen LogP contribution in [0.25, 0.3) is 0 Å². The monoisotopic (exact) mass is 292 g/mol. The van der Waals surface area contributed by atoms with Gasteiger partial charge in [0.1, 0.15) is 21.5 Å². The summed E-state index contributed by atoms with van der Waals surface area (Å²) in [6, 6.07) is 1.50. The van der Waals surface area contributed by atoms with Crippen LogP contribution in [0.15, 0.2) is 28.7 Å². The van der Waals surface area contributed by atoms with Crippen molar-refractivity contribution in [2.24, 2.45) is 0 Å². The number of rotatable bonds is 3. The number of thiazole rings is 1. The molecule has 0 atom stereocenters. The number of hydrogen-bond acceptors (Lipinski definition) is 4. The Kier molecular flexibility index (Phi) is 3.31. The zero-order valence-electron chi connectivity index (χ0n) is 9.15. The number of aromatic nitrogens is 1. The van der Waals surface area contributed by atoms with Crippen LogP contribution in [0.5, 0.6) is 0 Å². The maximum atomic E-state index is 13.5. The number of anilines is 1. The standard InChI is InChI=1S/C10H8F2N2O2S2.H2/c1-6-2-9(8(12)3-7(6)11)18(15,16)14-10-4-13-5-17-10;/h2-5,14H,1H3;1H. The Hall–Kier alpha value is -1.54. The van der Waals surface area contributed by atoms with Gasteiger partial charge in [-0.1, -0.05) is 0 Å². The molecule has 8 heteroatoms. The third-order valence-electron chi connectivity index (χ3n) is 2.17. The fourth-order valence-electron chi connectivity index (χ4n) is 1.29. The van der Waals surface area contributed by atoms with Crippen molar-refractivity contribution in [2.45, 2.75) is 11.8 Å². The van der Waals surface area contributed by atoms with E-state index in [2.05, 4.69) is 9.71 Å². The van der Waals surface area contributed by atoms with E-state index < -0.39 is 26.6 Å². The van der Waals surface area contributed by atoms with Crippen LogP contribution in [0.2, 0.25) is 0 Å². The van der Waals surface area contributed by atoms with Gasteiger partial charge in [-0.2, -0.15) is 0 Å². The minimum absolute atomic E-state index is 0. The van der Waals surface area contributed by atoms with Crippen molar-refractivity contribution >= 4 is 26.4 Å². The summed E-state index contributed by atoms with van der Waals surface area (Å²) in [7, 11) is -4.07. The van der Waals surface area contributed by atoms with Gasteiger partial charge in [0, 0.05) is 7.49 Å². The van der Waals surface area contributed by atoms with Crippen molar-refractivity contribution in [1.82, 2.24) is 4.98 Å². The van der Waals surface area contributed by atoms with Crippen molar-refractivity contribution in [3.63, 3.8) is 0 Å². The van der Waals surface area contributed by atoms with Crippen LogP contribution in [0.1, 0.15) is 6.99 Å². The van der Waals surface area contributed by atoms with Gasteiger partial charge in [0.2, 0.25) is 0 Å². The first kappa shape index (κ1) is 12.9. The molecule has 1 aromatic carbocycles. The Morgan fingerprint density at radius 2 is 2.06 bits per heavy atom. The number of hydrogen-bond donors (Lipinski definition) is 1. The van der Waals surface area contributed by atoms with E-state index in [1.165, 1.54) is 18.6 Å². The second-order valence-electron chi connectivity index (χ2n) is 3.50. The molecule has 98 valence electrons. The SMILES string of the molecule is Cc1cc(S(=O)(=O)Nc2cncs2)c(F)cc1F.[HH]. The fourth-order valence-corrected chi connectivity index (χ4v) is 3.24. The molecule has 0 aliphatic heterocycles. The van der Waals surface area contributed by atoms with Crippen molar-refractivity contribution in [3.8, 4) is 0 Å². The molecule has 1 N–H and O–H groups in total. The third-order valence-corrected chi connectivity index (χ3v) is 4.37. The van der Waals surface area contributed by atoms with Crippen LogP contribution in [-0.4, -0.2) is 13.4 Å². The number of aryl methyl sites for hydroxylation is 1. The second-order valence-corrected chi connectivity index (χ2v) is 6.04. The molecule has 4 nitrogen and oxygen atoms in total. The van der Waals surface area contributed by atoms with Crippen LogP contribution in [0.3, 0.4) is 0 Å². The summed E-state index contributed by atoms with van der Waals surface area (Å²) in [5.41, 5.74) is 1.49. The van der Waals surface area contributed by atoms with E-state index in [1.807, 2.05) is 0 Å². The number of sulfonamides is 1. The largest absolute Gasteiger partial charge is 0.269 e. The Bertz CT molecular complexity index is 675. The Balaban J connectivity index is 0.00000180. The van der Waals surface area contributed by atoms with E-state index in [0.717, 1.165) is 17.4 Å². The minimum atomic E-state index is -4.07. The molecule has 0 aliphatic rings. The normalized spacial score (nSPS) is 11.5. The van der Waals surface area contributed by atoms with E-state index >= 15 is 0 Å². The van der Waals surface area contributed by atoms with E-state index in [-0.39, 0.29) is 12.0 Å². The van der Waals surface area contributed by atoms with Crippen LogP contribution in [0.4, 0.5) is 13.8 Å². The first-order valence-electron chi connectivity index (χ1n) is 4.77. The smallest absolute Gasteiger partial charge is 0.265 e. The second kappa shape index (κ2) is 4.62. The van der Waals surface area contributed by atoms with E-state index in [4.69, 9.17) is 0 Å². The summed E-state index contributed by atoms with van der Waals surface area (Å²) in [5, 5.41) is 0.261. The van der Waals surface area contributed by atoms with Gasteiger partial charge in [-0.3, -0.25) is 9.71 Å². The van der Waals surface area contributed by atoms with Crippen molar-refractivity contribution < 1.29 is 18.6 Å². The van der Waals surface area contributed by atoms with Gasteiger partial charge in [-0.15, -0.1) is 11.3 Å². The molecule has 18 heavy (non-hydrogen) atoms. The Labute approximate surface area is 108 Å². The average molecular weight is 292 g/mol. The van der Waals surface area contributed by atoms with Crippen molar-refractivity contribution in [3.05, 3.63) is 41.0 Å². The number of benzene rings is 1. The topological polar surface area (TPSA) is 59.1 Å². The lowest BCUT2D eigenvalue weighted by Crippen LogP contribution is -2.14. The van der Waals surface area contributed by atoms with E-state index in [1.54, 1.807) is 0 Å². The molecule has 0 saturated heterocycles. The first-order chi connectivity index (χ1) is 8.40. The van der Waals surface area contributed by atoms with Gasteiger partial charge < -0.3 is 0 Å². The predicted molar refractivity (Wildman–Crippen MR) is 66.1 cm³/mol. The van der Waals surface area contributed by atoms with Gasteiger partial charge in [0.25, 0.3) is 10.0 Å². The first-order valence-corrected chi connectivity index (χ1v) is 7.13. The van der Waals surface area contributed by atoms with Crippen molar-refractivity contribution in [2.75, 3.05) is 4.72 Å². The maximum absolute atomic E-state index is 13.5. The molecule has 0 spiro atoms. The van der Waals surface area contributed by atoms with Crippen LogP contribution in [-0.2, 0) is 10.0 Å². The zero-order chi connectivity index (χ0) is 13.3. The molecule has 1 aromatic heterocycles. The van der Waals surface area contributed by atoms with E-state index in [9.17, 15) is 17.2 Å². The highest BCUT2D eigenvalue weighted by Gasteiger charge is 2.21. The summed E-state index contributed by atoms with van der Waals surface area (Å²) < 4.78 is 52.5. The molecule has 0 fully saturated rings. The third kappa shape index (κ3) is 2.49. The van der Waals surface area contributed by atoms with Gasteiger partial charge in [0.05, 0.1) is 11.7 Å². The lowest BCUT2D eigenvalue weighted by Gasteiger charge is -2.08. The van der Waals surface area contributed by atoms with Crippen LogP contribution < -0.4 is 4.72 Å². The molecule has 0 amide bonds. The van der Waals surface area contributed by atoms with Gasteiger partial charge in [0.15, 0.2) is 0 Å². The molecular formula is C10H10F2N2O2S2. The molecule has 1 heterocycles. The highest BCUT2D eigenvalue weighted by Crippen LogP contribution is 2.23. The molecule has 2 aromatic rings. The molecule has 0 saturated carbocycles. The zero-order valence-corrected chi connectivity index (χ0v) is 10.8.